The molecule has 0 N–H and O–H groups in total. The van der Waals surface area contributed by atoms with Crippen molar-refractivity contribution in [2.45, 2.75) is 25.8 Å². The average Bonchev–Trinajstić information content (AvgIpc) is 3.76. The van der Waals surface area contributed by atoms with E-state index in [1.54, 1.807) is 23.6 Å². The summed E-state index contributed by atoms with van der Waals surface area (Å²) in [6.45, 7) is 3.62. The first-order valence-corrected chi connectivity index (χ1v) is 15.0. The fraction of sp³-hybridized carbons (Fsp3) is 0.233. The van der Waals surface area contributed by atoms with E-state index in [9.17, 15) is 19.7 Å². The maximum atomic E-state index is 14.1. The normalized spacial score (nSPS) is 17.0. The number of rotatable bonds is 7. The first-order chi connectivity index (χ1) is 20.0. The van der Waals surface area contributed by atoms with Crippen LogP contribution in [0.5, 0.6) is 0 Å². The summed E-state index contributed by atoms with van der Waals surface area (Å²) in [5.74, 6) is -0.530. The Balaban J connectivity index is 1.61. The first kappa shape index (κ1) is 26.9. The maximum absolute atomic E-state index is 14.1. The summed E-state index contributed by atoms with van der Waals surface area (Å²) in [5.41, 5.74) is 2.60. The quantitative estimate of drug-likeness (QED) is 0.179. The van der Waals surface area contributed by atoms with Crippen LogP contribution in [0.3, 0.4) is 0 Å². The van der Waals surface area contributed by atoms with E-state index < -0.39 is 16.9 Å². The van der Waals surface area contributed by atoms with Gasteiger partial charge in [0.25, 0.3) is 11.2 Å². The second kappa shape index (κ2) is 11.3. The van der Waals surface area contributed by atoms with Gasteiger partial charge in [-0.25, -0.2) is 9.79 Å². The number of anilines is 1. The van der Waals surface area contributed by atoms with Crippen LogP contribution in [-0.4, -0.2) is 35.2 Å². The van der Waals surface area contributed by atoms with Gasteiger partial charge in [0.1, 0.15) is 6.04 Å². The van der Waals surface area contributed by atoms with Gasteiger partial charge in [-0.05, 0) is 43.4 Å². The summed E-state index contributed by atoms with van der Waals surface area (Å²) in [6, 6.07) is 17.2. The highest BCUT2D eigenvalue weighted by atomic mass is 32.1. The molecule has 2 aromatic heterocycles. The molecule has 0 bridgehead atoms. The zero-order chi connectivity index (χ0) is 28.5. The number of benzene rings is 2. The number of nitro benzene ring substituents is 1. The van der Waals surface area contributed by atoms with Gasteiger partial charge in [-0.1, -0.05) is 47.7 Å². The third-order valence-electron chi connectivity index (χ3n) is 7.14. The molecule has 0 aliphatic carbocycles. The van der Waals surface area contributed by atoms with Crippen LogP contribution in [0.2, 0.25) is 0 Å². The predicted molar refractivity (Wildman–Crippen MR) is 160 cm³/mol. The third-order valence-corrected chi connectivity index (χ3v) is 9.05. The van der Waals surface area contributed by atoms with Crippen molar-refractivity contribution in [1.29, 1.82) is 0 Å². The van der Waals surface area contributed by atoms with Gasteiger partial charge >= 0.3 is 5.97 Å². The van der Waals surface area contributed by atoms with Gasteiger partial charge in [-0.15, -0.1) is 11.3 Å². The molecule has 41 heavy (non-hydrogen) atoms. The van der Waals surface area contributed by atoms with Gasteiger partial charge < -0.3 is 9.64 Å². The lowest BCUT2D eigenvalue weighted by atomic mass is 9.97. The highest BCUT2D eigenvalue weighted by Crippen LogP contribution is 2.37. The van der Waals surface area contributed by atoms with E-state index in [0.29, 0.717) is 26.2 Å². The molecule has 1 saturated heterocycles. The molecule has 9 nitrogen and oxygen atoms in total. The molecule has 0 amide bonds. The number of non-ortho nitro benzene ring substituents is 1. The second-order valence-electron chi connectivity index (χ2n) is 9.64. The molecule has 0 unspecified atom stereocenters. The summed E-state index contributed by atoms with van der Waals surface area (Å²) < 4.78 is 7.41. The molecular weight excluding hydrogens is 560 g/mol. The smallest absolute Gasteiger partial charge is 0.338 e. The number of aromatic nitrogens is 1. The Hall–Kier alpha value is -4.35. The molecule has 2 aromatic carbocycles. The van der Waals surface area contributed by atoms with E-state index in [1.807, 2.05) is 47.8 Å². The van der Waals surface area contributed by atoms with Gasteiger partial charge in [-0.2, -0.15) is 0 Å². The fourth-order valence-corrected chi connectivity index (χ4v) is 7.13. The Labute approximate surface area is 243 Å². The largest absolute Gasteiger partial charge is 0.463 e. The molecule has 1 atom stereocenters. The zero-order valence-corrected chi connectivity index (χ0v) is 23.8. The summed E-state index contributed by atoms with van der Waals surface area (Å²) >= 11 is 2.65. The maximum Gasteiger partial charge on any atom is 0.338 e. The van der Waals surface area contributed by atoms with E-state index in [-0.39, 0.29) is 17.9 Å². The van der Waals surface area contributed by atoms with Crippen molar-refractivity contribution in [2.24, 2.45) is 4.99 Å². The highest BCUT2D eigenvalue weighted by molar-refractivity contribution is 7.10. The van der Waals surface area contributed by atoms with E-state index in [0.717, 1.165) is 42.1 Å². The summed E-state index contributed by atoms with van der Waals surface area (Å²) in [6.07, 6.45) is 3.79. The van der Waals surface area contributed by atoms with Crippen LogP contribution in [0, 0.1) is 10.1 Å². The van der Waals surface area contributed by atoms with Crippen molar-refractivity contribution in [3.63, 3.8) is 0 Å². The predicted octanol–water partition coefficient (Wildman–Crippen LogP) is 4.51. The molecule has 4 heterocycles. The van der Waals surface area contributed by atoms with E-state index >= 15 is 0 Å². The van der Waals surface area contributed by atoms with Crippen molar-refractivity contribution in [3.05, 3.63) is 117 Å². The molecule has 2 aliphatic heterocycles. The van der Waals surface area contributed by atoms with Gasteiger partial charge in [0.15, 0.2) is 4.80 Å². The Bertz CT molecular complexity index is 1840. The second-order valence-corrected chi connectivity index (χ2v) is 11.6. The number of thiazole rings is 1. The highest BCUT2D eigenvalue weighted by Gasteiger charge is 2.35. The Kier molecular flexibility index (Phi) is 7.38. The fourth-order valence-electron chi connectivity index (χ4n) is 5.31. The first-order valence-electron chi connectivity index (χ1n) is 13.3. The SMILES string of the molecule is CCOC(=O)C1=C(c2ccccc2)N=c2sc(=Cc3cc([N+](=O)[O-])ccc3N3CCCC3)c(=O)n2[C@H]1c1cccs1. The van der Waals surface area contributed by atoms with Gasteiger partial charge in [-0.3, -0.25) is 19.5 Å². The lowest BCUT2D eigenvalue weighted by Gasteiger charge is -2.24. The molecule has 0 saturated carbocycles. The minimum Gasteiger partial charge on any atom is -0.463 e. The number of carbonyl (C=O) groups is 1. The van der Waals surface area contributed by atoms with E-state index in [1.165, 1.54) is 34.8 Å². The number of ether oxygens (including phenoxy) is 1. The van der Waals surface area contributed by atoms with Crippen LogP contribution in [0.25, 0.3) is 11.8 Å². The van der Waals surface area contributed by atoms with Gasteiger partial charge in [0.2, 0.25) is 0 Å². The van der Waals surface area contributed by atoms with Crippen LogP contribution < -0.4 is 19.8 Å². The number of nitro groups is 1. The molecule has 11 heteroatoms. The molecular formula is C30H26N4O5S2. The van der Waals surface area contributed by atoms with Crippen LogP contribution in [0.15, 0.2) is 81.4 Å². The van der Waals surface area contributed by atoms with E-state index in [4.69, 9.17) is 9.73 Å². The molecule has 6 rings (SSSR count). The number of hydrogen-bond donors (Lipinski definition) is 0. The number of thiophene rings is 1. The number of fused-ring (bicyclic) bond motifs is 1. The molecule has 0 spiro atoms. The summed E-state index contributed by atoms with van der Waals surface area (Å²) in [7, 11) is 0. The third kappa shape index (κ3) is 5.02. The van der Waals surface area contributed by atoms with Crippen LogP contribution in [0.4, 0.5) is 11.4 Å². The van der Waals surface area contributed by atoms with Crippen LogP contribution in [0.1, 0.15) is 41.8 Å². The molecule has 2 aliphatic rings. The minimum absolute atomic E-state index is 0.0422. The van der Waals surface area contributed by atoms with Gasteiger partial charge in [0, 0.05) is 46.9 Å². The summed E-state index contributed by atoms with van der Waals surface area (Å²) in [5, 5.41) is 13.5. The van der Waals surface area contributed by atoms with Crippen molar-refractivity contribution in [3.8, 4) is 0 Å². The van der Waals surface area contributed by atoms with Crippen LogP contribution in [-0.2, 0) is 9.53 Å². The zero-order valence-electron chi connectivity index (χ0n) is 22.2. The Morgan fingerprint density at radius 2 is 1.93 bits per heavy atom. The summed E-state index contributed by atoms with van der Waals surface area (Å²) in [4.78, 5) is 47.1. The Morgan fingerprint density at radius 3 is 2.61 bits per heavy atom. The lowest BCUT2D eigenvalue weighted by Crippen LogP contribution is -2.39. The monoisotopic (exact) mass is 586 g/mol. The molecule has 4 aromatic rings. The van der Waals surface area contributed by atoms with Crippen molar-refractivity contribution < 1.29 is 14.5 Å². The van der Waals surface area contributed by atoms with Gasteiger partial charge in [0.05, 0.1) is 27.3 Å². The molecule has 0 radical (unpaired) electrons. The van der Waals surface area contributed by atoms with Crippen molar-refractivity contribution in [1.82, 2.24) is 4.57 Å². The van der Waals surface area contributed by atoms with E-state index in [2.05, 4.69) is 4.90 Å². The molecule has 208 valence electrons. The van der Waals surface area contributed by atoms with Crippen molar-refractivity contribution in [2.75, 3.05) is 24.6 Å². The standard InChI is InChI=1S/C30H26N4O5S2/c1-2-39-29(36)25-26(19-9-4-3-5-10-19)31-30-33(27(25)23-11-8-16-40-23)28(35)24(41-30)18-20-17-21(34(37)38)12-13-22(20)32-14-6-7-15-32/h3-5,8-13,16-18,27H,2,6-7,14-15H2,1H3/t27-/m0/s1. The minimum atomic E-state index is -0.731. The Morgan fingerprint density at radius 1 is 1.15 bits per heavy atom. The number of nitrogens with zero attached hydrogens (tertiary/aromatic N) is 4. The number of esters is 1. The van der Waals surface area contributed by atoms with Crippen LogP contribution >= 0.6 is 22.7 Å². The lowest BCUT2D eigenvalue weighted by molar-refractivity contribution is -0.384. The average molecular weight is 587 g/mol. The number of hydrogen-bond acceptors (Lipinski definition) is 9. The number of carbonyl (C=O) groups excluding carboxylic acids is 1. The molecule has 1 fully saturated rings. The van der Waals surface area contributed by atoms with Crippen molar-refractivity contribution >= 4 is 51.8 Å². The topological polar surface area (TPSA) is 107 Å².